The molecule has 1 N–H and O–H groups in total. The van der Waals surface area contributed by atoms with E-state index in [4.69, 9.17) is 5.11 Å². The number of halogens is 3. The van der Waals surface area contributed by atoms with Crippen LogP contribution in [0.3, 0.4) is 0 Å². The molecule has 0 aromatic rings. The minimum Gasteiger partial charge on any atom is -0.381 e. The van der Waals surface area contributed by atoms with Gasteiger partial charge in [0, 0.05) is 7.05 Å². The van der Waals surface area contributed by atoms with E-state index in [0.29, 0.717) is 4.90 Å². The zero-order valence-electron chi connectivity index (χ0n) is 7.64. The monoisotopic (exact) mass is 199 g/mol. The summed E-state index contributed by atoms with van der Waals surface area (Å²) in [6.45, 7) is 0.931. The second-order valence-electron chi connectivity index (χ2n) is 3.34. The highest BCUT2D eigenvalue weighted by Gasteiger charge is 2.35. The third-order valence-corrected chi connectivity index (χ3v) is 1.29. The van der Waals surface area contributed by atoms with Gasteiger partial charge in [0.2, 0.25) is 0 Å². The Labute approximate surface area is 74.1 Å². The molecule has 0 fully saturated rings. The fourth-order valence-electron chi connectivity index (χ4n) is 0.808. The van der Waals surface area contributed by atoms with Crippen molar-refractivity contribution in [2.45, 2.75) is 25.6 Å². The summed E-state index contributed by atoms with van der Waals surface area (Å²) in [5.74, 6) is -0.954. The number of amides is 1. The molecule has 6 heteroatoms. The summed E-state index contributed by atoms with van der Waals surface area (Å²) in [6.07, 6.45) is -4.43. The van der Waals surface area contributed by atoms with Crippen molar-refractivity contribution in [1.29, 1.82) is 0 Å². The Morgan fingerprint density at radius 3 is 2.00 bits per heavy atom. The molecule has 0 aromatic carbocycles. The molecule has 0 rings (SSSR count). The van der Waals surface area contributed by atoms with Crippen LogP contribution in [0.5, 0.6) is 0 Å². The van der Waals surface area contributed by atoms with Crippen LogP contribution in [0.4, 0.5) is 13.2 Å². The molecular formula is C7H12F3NO2. The topological polar surface area (TPSA) is 40.5 Å². The van der Waals surface area contributed by atoms with Crippen LogP contribution in [0.2, 0.25) is 0 Å². The fourth-order valence-corrected chi connectivity index (χ4v) is 0.808. The lowest BCUT2D eigenvalue weighted by atomic mass is 10.1. The molecule has 0 aromatic heterocycles. The average Bonchev–Trinajstić information content (AvgIpc) is 1.79. The van der Waals surface area contributed by atoms with Gasteiger partial charge in [0.15, 0.2) is 0 Å². The third-order valence-electron chi connectivity index (χ3n) is 1.29. The molecule has 0 aliphatic rings. The van der Waals surface area contributed by atoms with E-state index in [1.165, 1.54) is 0 Å². The maximum absolute atomic E-state index is 11.8. The summed E-state index contributed by atoms with van der Waals surface area (Å²) in [7, 11) is 0.994. The zero-order chi connectivity index (χ0) is 10.9. The van der Waals surface area contributed by atoms with Crippen LogP contribution >= 0.6 is 0 Å². The number of alkyl halides is 3. The second-order valence-corrected chi connectivity index (χ2v) is 3.34. The summed E-state index contributed by atoms with van der Waals surface area (Å²) >= 11 is 0. The smallest absolute Gasteiger partial charge is 0.381 e. The van der Waals surface area contributed by atoms with E-state index in [1.54, 1.807) is 0 Å². The lowest BCUT2D eigenvalue weighted by Crippen LogP contribution is -2.46. The van der Waals surface area contributed by atoms with Crippen LogP contribution in [-0.2, 0) is 4.79 Å². The molecule has 13 heavy (non-hydrogen) atoms. The van der Waals surface area contributed by atoms with E-state index >= 15 is 0 Å². The van der Waals surface area contributed by atoms with E-state index in [1.807, 2.05) is 0 Å². The Bertz CT molecular complexity index is 195. The minimum atomic E-state index is -4.43. The van der Waals surface area contributed by atoms with E-state index in [-0.39, 0.29) is 0 Å². The SMILES string of the molecule is CN(CC(F)(F)F)C(=O)C(C)(C)O. The average molecular weight is 199 g/mol. The van der Waals surface area contributed by atoms with Gasteiger partial charge >= 0.3 is 6.18 Å². The molecule has 0 aliphatic carbocycles. The number of likely N-dealkylation sites (N-methyl/N-ethyl adjacent to an activating group) is 1. The van der Waals surface area contributed by atoms with E-state index in [0.717, 1.165) is 20.9 Å². The maximum atomic E-state index is 11.8. The molecule has 3 nitrogen and oxygen atoms in total. The fraction of sp³-hybridized carbons (Fsp3) is 0.857. The molecule has 0 saturated carbocycles. The quantitative estimate of drug-likeness (QED) is 0.713. The molecule has 0 saturated heterocycles. The highest BCUT2D eigenvalue weighted by Crippen LogP contribution is 2.17. The Hall–Kier alpha value is -0.780. The van der Waals surface area contributed by atoms with Gasteiger partial charge in [-0.05, 0) is 13.8 Å². The Morgan fingerprint density at radius 2 is 1.77 bits per heavy atom. The number of carbonyl (C=O) groups is 1. The van der Waals surface area contributed by atoms with E-state index in [9.17, 15) is 18.0 Å². The summed E-state index contributed by atoms with van der Waals surface area (Å²) in [5.41, 5.74) is -1.76. The van der Waals surface area contributed by atoms with Crippen molar-refractivity contribution in [3.8, 4) is 0 Å². The van der Waals surface area contributed by atoms with Gasteiger partial charge in [0.25, 0.3) is 5.91 Å². The predicted octanol–water partition coefficient (Wildman–Crippen LogP) is 0.778. The van der Waals surface area contributed by atoms with Crippen LogP contribution in [0.15, 0.2) is 0 Å². The number of nitrogens with zero attached hydrogens (tertiary/aromatic N) is 1. The molecule has 1 amide bonds. The lowest BCUT2D eigenvalue weighted by Gasteiger charge is -2.25. The molecule has 0 radical (unpaired) electrons. The van der Waals surface area contributed by atoms with E-state index in [2.05, 4.69) is 0 Å². The molecule has 0 bridgehead atoms. The van der Waals surface area contributed by atoms with Gasteiger partial charge in [0.05, 0.1) is 0 Å². The number of carbonyl (C=O) groups excluding carboxylic acids is 1. The Balaban J connectivity index is 4.30. The second kappa shape index (κ2) is 3.53. The Kier molecular flexibility index (Phi) is 3.32. The molecule has 0 atom stereocenters. The number of aliphatic hydroxyl groups is 1. The van der Waals surface area contributed by atoms with Crippen LogP contribution < -0.4 is 0 Å². The predicted molar refractivity (Wildman–Crippen MR) is 40.0 cm³/mol. The van der Waals surface area contributed by atoms with Crippen LogP contribution in [0, 0.1) is 0 Å². The summed E-state index contributed by atoms with van der Waals surface area (Å²) in [4.78, 5) is 11.5. The zero-order valence-corrected chi connectivity index (χ0v) is 7.64. The summed E-state index contributed by atoms with van der Waals surface area (Å²) < 4.78 is 35.3. The largest absolute Gasteiger partial charge is 0.406 e. The molecule has 78 valence electrons. The number of hydrogen-bond acceptors (Lipinski definition) is 2. The van der Waals surface area contributed by atoms with Crippen LogP contribution in [-0.4, -0.2) is 41.3 Å². The molecule has 0 unspecified atom stereocenters. The van der Waals surface area contributed by atoms with Gasteiger partial charge in [-0.3, -0.25) is 4.79 Å². The van der Waals surface area contributed by atoms with Gasteiger partial charge in [-0.15, -0.1) is 0 Å². The van der Waals surface area contributed by atoms with Gasteiger partial charge in [-0.2, -0.15) is 13.2 Å². The van der Waals surface area contributed by atoms with Crippen molar-refractivity contribution in [2.75, 3.05) is 13.6 Å². The summed E-state index contributed by atoms with van der Waals surface area (Å²) in [6, 6.07) is 0. The first kappa shape index (κ1) is 12.2. The highest BCUT2D eigenvalue weighted by molar-refractivity contribution is 5.83. The molecular weight excluding hydrogens is 187 g/mol. The van der Waals surface area contributed by atoms with Crippen molar-refractivity contribution >= 4 is 5.91 Å². The highest BCUT2D eigenvalue weighted by atomic mass is 19.4. The van der Waals surface area contributed by atoms with Gasteiger partial charge in [-0.25, -0.2) is 0 Å². The van der Waals surface area contributed by atoms with Crippen molar-refractivity contribution in [1.82, 2.24) is 4.90 Å². The molecule has 0 aliphatic heterocycles. The van der Waals surface area contributed by atoms with Gasteiger partial charge in [0.1, 0.15) is 12.1 Å². The first-order valence-electron chi connectivity index (χ1n) is 3.59. The summed E-state index contributed by atoms with van der Waals surface area (Å²) in [5, 5.41) is 9.09. The standard InChI is InChI=1S/C7H12F3NO2/c1-6(2,13)5(12)11(3)4-7(8,9)10/h13H,4H2,1-3H3. The minimum absolute atomic E-state index is 0.444. The molecule has 0 spiro atoms. The van der Waals surface area contributed by atoms with Crippen LogP contribution in [0.1, 0.15) is 13.8 Å². The third kappa shape index (κ3) is 4.72. The normalized spacial score (nSPS) is 12.8. The molecule has 0 heterocycles. The maximum Gasteiger partial charge on any atom is 0.406 e. The van der Waals surface area contributed by atoms with Crippen molar-refractivity contribution in [2.24, 2.45) is 0 Å². The van der Waals surface area contributed by atoms with Crippen molar-refractivity contribution < 1.29 is 23.1 Å². The van der Waals surface area contributed by atoms with Crippen molar-refractivity contribution in [3.05, 3.63) is 0 Å². The Morgan fingerprint density at radius 1 is 1.38 bits per heavy atom. The lowest BCUT2D eigenvalue weighted by molar-refractivity contribution is -0.168. The van der Waals surface area contributed by atoms with Gasteiger partial charge < -0.3 is 10.0 Å². The first-order chi connectivity index (χ1) is 5.54. The van der Waals surface area contributed by atoms with Crippen molar-refractivity contribution in [3.63, 3.8) is 0 Å². The number of hydrogen-bond donors (Lipinski definition) is 1. The first-order valence-corrected chi connectivity index (χ1v) is 3.59. The van der Waals surface area contributed by atoms with Gasteiger partial charge in [-0.1, -0.05) is 0 Å². The van der Waals surface area contributed by atoms with E-state index < -0.39 is 24.2 Å². The number of rotatable bonds is 2. The van der Waals surface area contributed by atoms with Crippen LogP contribution in [0.25, 0.3) is 0 Å².